The number of aryl methyl sites for hydroxylation is 1. The number of benzene rings is 4. The fraction of sp³-hybridized carbons (Fsp3) is 0.326. The van der Waals surface area contributed by atoms with Gasteiger partial charge in [-0.15, -0.1) is 0 Å². The minimum atomic E-state index is -4.26. The molecule has 320 valence electrons. The first-order valence-electron chi connectivity index (χ1n) is 19.8. The number of nitrogens with zero attached hydrogens (tertiary/aromatic N) is 2. The molecule has 1 aliphatic rings. The summed E-state index contributed by atoms with van der Waals surface area (Å²) in [7, 11) is -2.70. The third-order valence-electron chi connectivity index (χ3n) is 10.0. The zero-order chi connectivity index (χ0) is 44.3. The summed E-state index contributed by atoms with van der Waals surface area (Å²) in [6, 6.07) is 26.5. The van der Waals surface area contributed by atoms with Crippen LogP contribution in [0.4, 0.5) is 10.5 Å². The highest BCUT2D eigenvalue weighted by Crippen LogP contribution is 2.36. The average Bonchev–Trinajstić information content (AvgIpc) is 3.63. The number of likely N-dealkylation sites (tertiary alicyclic amines) is 1. The summed E-state index contributed by atoms with van der Waals surface area (Å²) in [6.45, 7) is 12.1. The molecule has 4 amide bonds. The van der Waals surface area contributed by atoms with Crippen LogP contribution in [0.15, 0.2) is 108 Å². The van der Waals surface area contributed by atoms with Crippen LogP contribution in [0.1, 0.15) is 63.9 Å². The van der Waals surface area contributed by atoms with Crippen molar-refractivity contribution < 1.29 is 41.8 Å². The van der Waals surface area contributed by atoms with Gasteiger partial charge in [0.05, 0.1) is 41.0 Å². The maximum Gasteiger partial charge on any atom is 0.408 e. The molecule has 0 saturated carbocycles. The Morgan fingerprint density at radius 3 is 2.16 bits per heavy atom. The number of hydrogen-bond donors (Lipinski definition) is 3. The molecule has 0 unspecified atom stereocenters. The number of nitrogens with one attached hydrogen (secondary N) is 3. The van der Waals surface area contributed by atoms with Gasteiger partial charge in [-0.3, -0.25) is 14.4 Å². The Morgan fingerprint density at radius 2 is 1.52 bits per heavy atom. The number of methoxy groups -OCH3 is 1. The van der Waals surface area contributed by atoms with Gasteiger partial charge in [-0.2, -0.15) is 0 Å². The minimum Gasteiger partial charge on any atom is -0.497 e. The topological polar surface area (TPSA) is 182 Å². The number of anilines is 1. The zero-order valence-electron chi connectivity index (χ0n) is 35.4. The Morgan fingerprint density at radius 1 is 0.852 bits per heavy atom. The fourth-order valence-electron chi connectivity index (χ4n) is 7.02. The lowest BCUT2D eigenvalue weighted by Gasteiger charge is -2.35. The van der Waals surface area contributed by atoms with Crippen LogP contribution in [0.25, 0.3) is 22.2 Å². The van der Waals surface area contributed by atoms with Crippen molar-refractivity contribution in [2.75, 3.05) is 19.0 Å². The first kappa shape index (κ1) is 44.1. The zero-order valence-corrected chi connectivity index (χ0v) is 36.3. The Labute approximate surface area is 356 Å². The fourth-order valence-corrected chi connectivity index (χ4v) is 8.00. The molecule has 0 bridgehead atoms. The Hall–Kier alpha value is -6.48. The van der Waals surface area contributed by atoms with Gasteiger partial charge in [-0.1, -0.05) is 81.4 Å². The molecule has 1 aromatic heterocycles. The van der Waals surface area contributed by atoms with Crippen LogP contribution in [0.5, 0.6) is 11.5 Å². The van der Waals surface area contributed by atoms with Crippen molar-refractivity contribution in [3.63, 3.8) is 0 Å². The van der Waals surface area contributed by atoms with E-state index in [1.165, 1.54) is 35.2 Å². The molecule has 14 nitrogen and oxygen atoms in total. The van der Waals surface area contributed by atoms with Crippen molar-refractivity contribution in [2.45, 2.75) is 83.6 Å². The van der Waals surface area contributed by atoms with Crippen molar-refractivity contribution in [1.82, 2.24) is 19.9 Å². The highest BCUT2D eigenvalue weighted by atomic mass is 32.2. The lowest BCUT2D eigenvalue weighted by Crippen LogP contribution is -2.57. The van der Waals surface area contributed by atoms with Crippen molar-refractivity contribution in [3.05, 3.63) is 114 Å². The van der Waals surface area contributed by atoms with E-state index in [2.05, 4.69) is 15.4 Å². The number of aromatic nitrogens is 1. The maximum atomic E-state index is 14.8. The number of rotatable bonds is 11. The number of sulfonamides is 1. The number of carbonyl (C=O) groups is 4. The molecule has 0 aliphatic carbocycles. The van der Waals surface area contributed by atoms with E-state index in [4.69, 9.17) is 19.2 Å². The van der Waals surface area contributed by atoms with Gasteiger partial charge in [-0.05, 0) is 69.0 Å². The molecule has 0 spiro atoms. The Bertz CT molecular complexity index is 2550. The van der Waals surface area contributed by atoms with Gasteiger partial charge < -0.3 is 29.7 Å². The number of ether oxygens (including phenoxy) is 3. The molecule has 3 atom stereocenters. The third kappa shape index (κ3) is 10.5. The summed E-state index contributed by atoms with van der Waals surface area (Å²) in [5.74, 6) is -1.13. The van der Waals surface area contributed by atoms with E-state index in [1.54, 1.807) is 85.9 Å². The minimum absolute atomic E-state index is 0.0112. The van der Waals surface area contributed by atoms with E-state index in [9.17, 15) is 27.6 Å². The molecule has 15 heteroatoms. The van der Waals surface area contributed by atoms with Gasteiger partial charge in [0.25, 0.3) is 15.9 Å². The molecule has 1 aliphatic heterocycles. The molecular formula is C46H51N5O9S. The highest BCUT2D eigenvalue weighted by molar-refractivity contribution is 7.90. The van der Waals surface area contributed by atoms with Crippen LogP contribution in [0.2, 0.25) is 0 Å². The van der Waals surface area contributed by atoms with E-state index in [1.807, 2.05) is 42.5 Å². The van der Waals surface area contributed by atoms with Gasteiger partial charge in [0.2, 0.25) is 11.8 Å². The summed E-state index contributed by atoms with van der Waals surface area (Å²) < 4.78 is 46.1. The highest BCUT2D eigenvalue weighted by Gasteiger charge is 2.46. The number of pyridine rings is 1. The second-order valence-corrected chi connectivity index (χ2v) is 18.6. The number of fused-ring (bicyclic) bond motifs is 1. The van der Waals surface area contributed by atoms with Crippen molar-refractivity contribution >= 4 is 50.4 Å². The molecule has 4 aromatic carbocycles. The molecule has 61 heavy (non-hydrogen) atoms. The van der Waals surface area contributed by atoms with E-state index < -0.39 is 63.0 Å². The normalized spacial score (nSPS) is 16.0. The second-order valence-electron chi connectivity index (χ2n) is 16.9. The van der Waals surface area contributed by atoms with E-state index >= 15 is 0 Å². The molecule has 1 fully saturated rings. The number of alkyl carbamates (subject to hydrolysis) is 1. The van der Waals surface area contributed by atoms with Gasteiger partial charge in [0.15, 0.2) is 0 Å². The average molecular weight is 850 g/mol. The SMILES string of the molecule is COc1ccc2c(O[C@@H]3C[C@@H](C(=O)Nc4c(C)cccc4C(=O)NS(=O)(=O)c4ccccc4)N(C(=O)[C@@H](NC(=O)OC(C)(C)C)C(C)(C)C)C3)cc(-c3ccccc3)nc2c1. The first-order chi connectivity index (χ1) is 28.7. The molecule has 3 N–H and O–H groups in total. The molecule has 5 aromatic rings. The lowest BCUT2D eigenvalue weighted by molar-refractivity contribution is -0.140. The second kappa shape index (κ2) is 17.6. The van der Waals surface area contributed by atoms with Crippen molar-refractivity contribution in [1.29, 1.82) is 0 Å². The van der Waals surface area contributed by atoms with Crippen LogP contribution in [0.3, 0.4) is 0 Å². The third-order valence-corrected chi connectivity index (χ3v) is 11.4. The van der Waals surface area contributed by atoms with E-state index in [0.717, 1.165) is 5.56 Å². The number of amides is 4. The van der Waals surface area contributed by atoms with Gasteiger partial charge in [-0.25, -0.2) is 22.9 Å². The predicted octanol–water partition coefficient (Wildman–Crippen LogP) is 7.26. The van der Waals surface area contributed by atoms with Crippen LogP contribution in [-0.2, 0) is 24.3 Å². The van der Waals surface area contributed by atoms with Gasteiger partial charge >= 0.3 is 6.09 Å². The summed E-state index contributed by atoms with van der Waals surface area (Å²) in [5.41, 5.74) is 0.800. The quantitative estimate of drug-likeness (QED) is 0.122. The van der Waals surface area contributed by atoms with Crippen LogP contribution < -0.4 is 24.8 Å². The number of hydrogen-bond acceptors (Lipinski definition) is 10. The monoisotopic (exact) mass is 849 g/mol. The predicted molar refractivity (Wildman–Crippen MR) is 232 cm³/mol. The standard InChI is InChI=1S/C46H51N5O9S/c1-28-16-15-21-34(41(52)50-61(56,57)32-19-13-10-14-20-32)39(28)48-42(53)37-25-31(27-51(37)43(54)40(45(2,3)4)49-44(55)60-46(5,6)7)59-38-26-35(29-17-11-9-12-18-29)47-36-24-30(58-8)22-23-33(36)38/h9-24,26,31,37,40H,25,27H2,1-8H3,(H,48,53)(H,49,55)(H,50,52)/t31-,37+,40-/m1/s1. The Balaban J connectivity index is 1.37. The number of carbonyl (C=O) groups excluding carboxylic acids is 4. The summed E-state index contributed by atoms with van der Waals surface area (Å²) >= 11 is 0. The summed E-state index contributed by atoms with van der Waals surface area (Å²) in [6.07, 6.45) is -1.53. The smallest absolute Gasteiger partial charge is 0.408 e. The largest absolute Gasteiger partial charge is 0.497 e. The van der Waals surface area contributed by atoms with Gasteiger partial charge in [0, 0.05) is 29.5 Å². The van der Waals surface area contributed by atoms with E-state index in [0.29, 0.717) is 33.7 Å². The van der Waals surface area contributed by atoms with Crippen LogP contribution in [0, 0.1) is 12.3 Å². The number of para-hydroxylation sites is 1. The molecule has 2 heterocycles. The summed E-state index contributed by atoms with van der Waals surface area (Å²) in [5, 5.41) is 6.25. The van der Waals surface area contributed by atoms with Crippen molar-refractivity contribution in [2.24, 2.45) is 5.41 Å². The van der Waals surface area contributed by atoms with Crippen LogP contribution >= 0.6 is 0 Å². The molecule has 1 saturated heterocycles. The molecule has 0 radical (unpaired) electrons. The first-order valence-corrected chi connectivity index (χ1v) is 21.3. The van der Waals surface area contributed by atoms with E-state index in [-0.39, 0.29) is 29.1 Å². The molecule has 6 rings (SSSR count). The maximum absolute atomic E-state index is 14.8. The lowest BCUT2D eigenvalue weighted by atomic mass is 9.85. The Kier molecular flexibility index (Phi) is 12.7. The van der Waals surface area contributed by atoms with Gasteiger partial charge in [0.1, 0.15) is 35.3 Å². The summed E-state index contributed by atoms with van der Waals surface area (Å²) in [4.78, 5) is 62.3. The van der Waals surface area contributed by atoms with Crippen LogP contribution in [-0.4, -0.2) is 79.6 Å². The molecular weight excluding hydrogens is 799 g/mol. The van der Waals surface area contributed by atoms with Crippen molar-refractivity contribution in [3.8, 4) is 22.8 Å².